The number of carbonyl (C=O) groups excluding carboxylic acids is 1. The fourth-order valence-electron chi connectivity index (χ4n) is 3.29. The average Bonchev–Trinajstić information content (AvgIpc) is 2.73. The number of rotatable bonds is 7. The summed E-state index contributed by atoms with van der Waals surface area (Å²) in [4.78, 5) is 28.1. The second-order valence-electron chi connectivity index (χ2n) is 7.27. The fraction of sp³-hybridized carbons (Fsp3) is 0.250. The van der Waals surface area contributed by atoms with Crippen LogP contribution >= 0.6 is 0 Å². The number of ketones is 1. The van der Waals surface area contributed by atoms with Crippen LogP contribution in [0.3, 0.4) is 0 Å². The van der Waals surface area contributed by atoms with Crippen LogP contribution < -0.4 is 0 Å². The number of carbonyl (C=O) groups is 2. The first-order valence-electron chi connectivity index (χ1n) is 9.73. The molecule has 150 valence electrons. The summed E-state index contributed by atoms with van der Waals surface area (Å²) < 4.78 is 0. The summed E-state index contributed by atoms with van der Waals surface area (Å²) in [6.07, 6.45) is 6.03. The number of carboxylic acids is 1. The number of likely N-dealkylation sites (N-methyl/N-ethyl adjacent to an activating group) is 1. The fourth-order valence-corrected chi connectivity index (χ4v) is 3.29. The number of nitrogens with zero attached hydrogens (tertiary/aromatic N) is 2. The highest BCUT2D eigenvalue weighted by atomic mass is 16.4. The lowest BCUT2D eigenvalue weighted by atomic mass is 10.0. The molecule has 1 saturated heterocycles. The van der Waals surface area contributed by atoms with E-state index in [2.05, 4.69) is 16.8 Å². The Morgan fingerprint density at radius 2 is 1.48 bits per heavy atom. The van der Waals surface area contributed by atoms with E-state index in [0.717, 1.165) is 61.1 Å². The van der Waals surface area contributed by atoms with Gasteiger partial charge in [0, 0.05) is 44.4 Å². The maximum absolute atomic E-state index is 12.8. The van der Waals surface area contributed by atoms with E-state index in [0.29, 0.717) is 0 Å². The number of carboxylic acid groups (broad SMARTS) is 1. The Balaban J connectivity index is 1.66. The summed E-state index contributed by atoms with van der Waals surface area (Å²) >= 11 is 0. The first-order chi connectivity index (χ1) is 14.0. The van der Waals surface area contributed by atoms with Gasteiger partial charge in [-0.15, -0.1) is 0 Å². The molecule has 0 spiro atoms. The molecule has 0 atom stereocenters. The van der Waals surface area contributed by atoms with Crippen molar-refractivity contribution < 1.29 is 14.7 Å². The Labute approximate surface area is 171 Å². The van der Waals surface area contributed by atoms with Crippen molar-refractivity contribution >= 4 is 23.9 Å². The predicted octanol–water partition coefficient (Wildman–Crippen LogP) is 3.43. The summed E-state index contributed by atoms with van der Waals surface area (Å²) in [6, 6.07) is 15.2. The van der Waals surface area contributed by atoms with Gasteiger partial charge in [-0.25, -0.2) is 4.79 Å². The van der Waals surface area contributed by atoms with Gasteiger partial charge in [0.15, 0.2) is 5.78 Å². The van der Waals surface area contributed by atoms with Crippen molar-refractivity contribution in [1.29, 1.82) is 0 Å². The SMILES string of the molecule is CN1CCN(Cc2ccccc2C(=O)/C=C/c2ccc(/C=C/C(=O)O)cc2)CC1. The average molecular weight is 390 g/mol. The van der Waals surface area contributed by atoms with E-state index in [1.165, 1.54) is 6.08 Å². The zero-order valence-electron chi connectivity index (χ0n) is 16.6. The van der Waals surface area contributed by atoms with Gasteiger partial charge in [0.2, 0.25) is 0 Å². The van der Waals surface area contributed by atoms with Gasteiger partial charge in [0.25, 0.3) is 0 Å². The van der Waals surface area contributed by atoms with E-state index < -0.39 is 5.97 Å². The molecule has 0 amide bonds. The van der Waals surface area contributed by atoms with Crippen LogP contribution in [0.25, 0.3) is 12.2 Å². The van der Waals surface area contributed by atoms with E-state index in [-0.39, 0.29) is 5.78 Å². The van der Waals surface area contributed by atoms with Gasteiger partial charge in [-0.3, -0.25) is 9.69 Å². The van der Waals surface area contributed by atoms with Gasteiger partial charge in [0.05, 0.1) is 0 Å². The zero-order chi connectivity index (χ0) is 20.6. The lowest BCUT2D eigenvalue weighted by Gasteiger charge is -2.32. The molecule has 5 nitrogen and oxygen atoms in total. The number of benzene rings is 2. The molecule has 5 heteroatoms. The minimum absolute atomic E-state index is 0.00965. The van der Waals surface area contributed by atoms with Crippen LogP contribution in [0.2, 0.25) is 0 Å². The monoisotopic (exact) mass is 390 g/mol. The van der Waals surface area contributed by atoms with Crippen LogP contribution in [-0.4, -0.2) is 59.9 Å². The van der Waals surface area contributed by atoms with Crippen molar-refractivity contribution in [3.8, 4) is 0 Å². The van der Waals surface area contributed by atoms with Gasteiger partial charge < -0.3 is 10.0 Å². The minimum atomic E-state index is -0.977. The summed E-state index contributed by atoms with van der Waals surface area (Å²) in [6.45, 7) is 4.91. The Hall–Kier alpha value is -3.02. The third-order valence-electron chi connectivity index (χ3n) is 5.05. The van der Waals surface area contributed by atoms with Crippen LogP contribution in [0.5, 0.6) is 0 Å². The van der Waals surface area contributed by atoms with Crippen molar-refractivity contribution in [3.63, 3.8) is 0 Å². The largest absolute Gasteiger partial charge is 0.478 e. The number of hydrogen-bond acceptors (Lipinski definition) is 4. The lowest BCUT2D eigenvalue weighted by molar-refractivity contribution is -0.131. The highest BCUT2D eigenvalue weighted by Gasteiger charge is 2.16. The molecule has 3 rings (SSSR count). The van der Waals surface area contributed by atoms with Gasteiger partial charge in [-0.1, -0.05) is 54.6 Å². The second kappa shape index (κ2) is 9.96. The number of hydrogen-bond donors (Lipinski definition) is 1. The topological polar surface area (TPSA) is 60.9 Å². The number of aliphatic carboxylic acids is 1. The molecule has 29 heavy (non-hydrogen) atoms. The van der Waals surface area contributed by atoms with Crippen LogP contribution in [0.4, 0.5) is 0 Å². The van der Waals surface area contributed by atoms with Crippen LogP contribution in [0.15, 0.2) is 60.7 Å². The molecule has 1 aliphatic rings. The maximum atomic E-state index is 12.8. The third kappa shape index (κ3) is 6.24. The molecule has 0 aromatic heterocycles. The van der Waals surface area contributed by atoms with E-state index in [9.17, 15) is 9.59 Å². The molecule has 1 N–H and O–H groups in total. The first kappa shape index (κ1) is 20.7. The van der Waals surface area contributed by atoms with Gasteiger partial charge >= 0.3 is 5.97 Å². The molecule has 0 bridgehead atoms. The normalized spacial score (nSPS) is 15.9. The number of allylic oxidation sites excluding steroid dienone is 1. The molecule has 0 saturated carbocycles. The lowest BCUT2D eigenvalue weighted by Crippen LogP contribution is -2.44. The van der Waals surface area contributed by atoms with Crippen LogP contribution in [0, 0.1) is 0 Å². The molecule has 0 unspecified atom stereocenters. The van der Waals surface area contributed by atoms with Crippen molar-refractivity contribution in [2.24, 2.45) is 0 Å². The van der Waals surface area contributed by atoms with Gasteiger partial charge in [0.1, 0.15) is 0 Å². The molecular weight excluding hydrogens is 364 g/mol. The molecule has 2 aromatic carbocycles. The Kier molecular flexibility index (Phi) is 7.11. The van der Waals surface area contributed by atoms with Crippen molar-refractivity contribution in [1.82, 2.24) is 9.80 Å². The molecule has 1 heterocycles. The van der Waals surface area contributed by atoms with E-state index >= 15 is 0 Å². The standard InChI is InChI=1S/C24H26N2O3/c1-25-14-16-26(17-15-25)18-21-4-2-3-5-22(21)23(27)12-10-19-6-8-20(9-7-19)11-13-24(28)29/h2-13H,14-18H2,1H3,(H,28,29)/b12-10+,13-11+. The van der Waals surface area contributed by atoms with Gasteiger partial charge in [-0.2, -0.15) is 0 Å². The van der Waals surface area contributed by atoms with Crippen LogP contribution in [-0.2, 0) is 11.3 Å². The minimum Gasteiger partial charge on any atom is -0.478 e. The number of piperazine rings is 1. The smallest absolute Gasteiger partial charge is 0.328 e. The van der Waals surface area contributed by atoms with Crippen molar-refractivity contribution in [2.75, 3.05) is 33.2 Å². The molecule has 2 aromatic rings. The summed E-state index contributed by atoms with van der Waals surface area (Å²) in [5.74, 6) is -0.987. The zero-order valence-corrected chi connectivity index (χ0v) is 16.6. The highest BCUT2D eigenvalue weighted by molar-refractivity contribution is 6.07. The molecular formula is C24H26N2O3. The van der Waals surface area contributed by atoms with E-state index in [4.69, 9.17) is 5.11 Å². The summed E-state index contributed by atoms with van der Waals surface area (Å²) in [5, 5.41) is 8.68. The van der Waals surface area contributed by atoms with Gasteiger partial charge in [-0.05, 0) is 35.9 Å². The molecule has 0 aliphatic carbocycles. The molecule has 0 radical (unpaired) electrons. The Bertz CT molecular complexity index is 908. The quantitative estimate of drug-likeness (QED) is 0.580. The van der Waals surface area contributed by atoms with E-state index in [1.807, 2.05) is 48.5 Å². The summed E-state index contributed by atoms with van der Waals surface area (Å²) in [5.41, 5.74) is 3.49. The van der Waals surface area contributed by atoms with Crippen molar-refractivity contribution in [3.05, 3.63) is 82.9 Å². The Morgan fingerprint density at radius 1 is 0.897 bits per heavy atom. The second-order valence-corrected chi connectivity index (χ2v) is 7.27. The predicted molar refractivity (Wildman–Crippen MR) is 116 cm³/mol. The molecule has 1 fully saturated rings. The van der Waals surface area contributed by atoms with Crippen molar-refractivity contribution in [2.45, 2.75) is 6.54 Å². The molecule has 1 aliphatic heterocycles. The maximum Gasteiger partial charge on any atom is 0.328 e. The van der Waals surface area contributed by atoms with E-state index in [1.54, 1.807) is 12.2 Å². The Morgan fingerprint density at radius 3 is 2.10 bits per heavy atom. The third-order valence-corrected chi connectivity index (χ3v) is 5.05. The first-order valence-corrected chi connectivity index (χ1v) is 9.73. The summed E-state index contributed by atoms with van der Waals surface area (Å²) in [7, 11) is 2.13. The highest BCUT2D eigenvalue weighted by Crippen LogP contribution is 2.16. The van der Waals surface area contributed by atoms with Crippen LogP contribution in [0.1, 0.15) is 27.0 Å².